The van der Waals surface area contributed by atoms with Crippen LogP contribution < -0.4 is 5.32 Å². The summed E-state index contributed by atoms with van der Waals surface area (Å²) in [7, 11) is 0. The van der Waals surface area contributed by atoms with Crippen molar-refractivity contribution >= 4 is 0 Å². The van der Waals surface area contributed by atoms with E-state index in [-0.39, 0.29) is 0 Å². The van der Waals surface area contributed by atoms with E-state index in [0.717, 1.165) is 30.7 Å². The molecule has 1 aromatic rings. The number of furan rings is 1. The largest absolute Gasteiger partial charge is 0.468 e. The highest BCUT2D eigenvalue weighted by Crippen LogP contribution is 2.35. The molecule has 2 aliphatic rings. The summed E-state index contributed by atoms with van der Waals surface area (Å²) in [6.07, 6.45) is 9.08. The highest BCUT2D eigenvalue weighted by molar-refractivity contribution is 4.97. The van der Waals surface area contributed by atoms with Gasteiger partial charge in [-0.1, -0.05) is 19.3 Å². The molecule has 3 heteroatoms. The van der Waals surface area contributed by atoms with Gasteiger partial charge in [-0.2, -0.15) is 0 Å². The van der Waals surface area contributed by atoms with Crippen LogP contribution >= 0.6 is 0 Å². The first-order valence-corrected chi connectivity index (χ1v) is 7.87. The molecule has 1 saturated heterocycles. The molecule has 1 N–H and O–H groups in total. The van der Waals surface area contributed by atoms with E-state index in [2.05, 4.69) is 10.2 Å². The third-order valence-corrected chi connectivity index (χ3v) is 4.86. The van der Waals surface area contributed by atoms with Gasteiger partial charge in [-0.05, 0) is 43.4 Å². The Bertz CT molecular complexity index is 363. The third-order valence-electron chi connectivity index (χ3n) is 4.86. The SMILES string of the molecule is c1coc(CNCCN2CCC3CCCCC3C2)c1. The molecular formula is C16H26N2O. The number of hydrogen-bond donors (Lipinski definition) is 1. The van der Waals surface area contributed by atoms with Crippen molar-refractivity contribution in [2.75, 3.05) is 26.2 Å². The monoisotopic (exact) mass is 262 g/mol. The molecule has 0 aromatic carbocycles. The van der Waals surface area contributed by atoms with E-state index in [0.29, 0.717) is 0 Å². The summed E-state index contributed by atoms with van der Waals surface area (Å²) in [5.41, 5.74) is 0. The summed E-state index contributed by atoms with van der Waals surface area (Å²) in [6, 6.07) is 3.98. The Morgan fingerprint density at radius 3 is 2.95 bits per heavy atom. The van der Waals surface area contributed by atoms with Gasteiger partial charge >= 0.3 is 0 Å². The Kier molecular flexibility index (Phi) is 4.57. The Balaban J connectivity index is 1.34. The van der Waals surface area contributed by atoms with Gasteiger partial charge in [0.1, 0.15) is 5.76 Å². The Morgan fingerprint density at radius 1 is 1.21 bits per heavy atom. The molecule has 1 aromatic heterocycles. The van der Waals surface area contributed by atoms with Gasteiger partial charge in [-0.3, -0.25) is 0 Å². The summed E-state index contributed by atoms with van der Waals surface area (Å²) in [5, 5.41) is 3.47. The van der Waals surface area contributed by atoms with E-state index in [1.54, 1.807) is 6.26 Å². The van der Waals surface area contributed by atoms with E-state index >= 15 is 0 Å². The van der Waals surface area contributed by atoms with Gasteiger partial charge in [0.05, 0.1) is 12.8 Å². The standard InChI is InChI=1S/C16H26N2O/c1-2-5-15-13-18(9-7-14(15)4-1)10-8-17-12-16-6-3-11-19-16/h3,6,11,14-15,17H,1-2,4-5,7-10,12-13H2. The van der Waals surface area contributed by atoms with E-state index in [1.807, 2.05) is 12.1 Å². The predicted octanol–water partition coefficient (Wildman–Crippen LogP) is 2.88. The van der Waals surface area contributed by atoms with Gasteiger partial charge in [-0.25, -0.2) is 0 Å². The predicted molar refractivity (Wildman–Crippen MR) is 76.9 cm³/mol. The molecule has 3 rings (SSSR count). The summed E-state index contributed by atoms with van der Waals surface area (Å²) in [4.78, 5) is 2.65. The van der Waals surface area contributed by atoms with Crippen molar-refractivity contribution < 1.29 is 4.42 Å². The second kappa shape index (κ2) is 6.58. The molecule has 0 amide bonds. The molecule has 2 heterocycles. The van der Waals surface area contributed by atoms with Crippen LogP contribution in [0.4, 0.5) is 0 Å². The minimum absolute atomic E-state index is 0.854. The van der Waals surface area contributed by atoms with E-state index in [1.165, 1.54) is 51.7 Å². The van der Waals surface area contributed by atoms with E-state index in [4.69, 9.17) is 4.42 Å². The second-order valence-electron chi connectivity index (χ2n) is 6.15. The van der Waals surface area contributed by atoms with E-state index < -0.39 is 0 Å². The van der Waals surface area contributed by atoms with Crippen LogP contribution in [0.3, 0.4) is 0 Å². The van der Waals surface area contributed by atoms with Crippen LogP contribution in [-0.4, -0.2) is 31.1 Å². The maximum absolute atomic E-state index is 5.32. The van der Waals surface area contributed by atoms with Crippen LogP contribution in [0.1, 0.15) is 37.9 Å². The maximum atomic E-state index is 5.32. The molecule has 2 unspecified atom stereocenters. The molecule has 1 saturated carbocycles. The highest BCUT2D eigenvalue weighted by Gasteiger charge is 2.30. The maximum Gasteiger partial charge on any atom is 0.117 e. The van der Waals surface area contributed by atoms with Gasteiger partial charge in [0, 0.05) is 19.6 Å². The summed E-state index contributed by atoms with van der Waals surface area (Å²) in [6.45, 7) is 5.76. The smallest absolute Gasteiger partial charge is 0.117 e. The molecule has 106 valence electrons. The lowest BCUT2D eigenvalue weighted by atomic mass is 9.75. The zero-order chi connectivity index (χ0) is 12.9. The first kappa shape index (κ1) is 13.2. The lowest BCUT2D eigenvalue weighted by Gasteiger charge is -2.41. The molecule has 0 bridgehead atoms. The zero-order valence-electron chi connectivity index (χ0n) is 11.8. The number of fused-ring (bicyclic) bond motifs is 1. The van der Waals surface area contributed by atoms with Crippen molar-refractivity contribution in [3.05, 3.63) is 24.2 Å². The van der Waals surface area contributed by atoms with Crippen molar-refractivity contribution in [1.82, 2.24) is 10.2 Å². The molecule has 2 atom stereocenters. The number of likely N-dealkylation sites (tertiary alicyclic amines) is 1. The van der Waals surface area contributed by atoms with Crippen LogP contribution in [-0.2, 0) is 6.54 Å². The molecule has 0 radical (unpaired) electrons. The molecule has 1 aliphatic carbocycles. The summed E-state index contributed by atoms with van der Waals surface area (Å²) >= 11 is 0. The fourth-order valence-electron chi connectivity index (χ4n) is 3.74. The first-order valence-electron chi connectivity index (χ1n) is 7.87. The molecule has 3 nitrogen and oxygen atoms in total. The van der Waals surface area contributed by atoms with Gasteiger partial charge in [-0.15, -0.1) is 0 Å². The van der Waals surface area contributed by atoms with Crippen molar-refractivity contribution in [2.45, 2.75) is 38.6 Å². The summed E-state index contributed by atoms with van der Waals surface area (Å²) in [5.74, 6) is 3.07. The highest BCUT2D eigenvalue weighted by atomic mass is 16.3. The Morgan fingerprint density at radius 2 is 2.11 bits per heavy atom. The second-order valence-corrected chi connectivity index (χ2v) is 6.15. The third kappa shape index (κ3) is 3.61. The average molecular weight is 262 g/mol. The average Bonchev–Trinajstić information content (AvgIpc) is 2.97. The fraction of sp³-hybridized carbons (Fsp3) is 0.750. The number of rotatable bonds is 5. The van der Waals surface area contributed by atoms with Crippen LogP contribution in [0.25, 0.3) is 0 Å². The van der Waals surface area contributed by atoms with Gasteiger partial charge < -0.3 is 14.6 Å². The van der Waals surface area contributed by atoms with Gasteiger partial charge in [0.25, 0.3) is 0 Å². The minimum Gasteiger partial charge on any atom is -0.468 e. The minimum atomic E-state index is 0.854. The molecule has 1 aliphatic heterocycles. The van der Waals surface area contributed by atoms with E-state index in [9.17, 15) is 0 Å². The van der Waals surface area contributed by atoms with Crippen LogP contribution in [0.5, 0.6) is 0 Å². The number of hydrogen-bond acceptors (Lipinski definition) is 3. The molecular weight excluding hydrogens is 236 g/mol. The Labute approximate surface area is 116 Å². The van der Waals surface area contributed by atoms with Gasteiger partial charge in [0.15, 0.2) is 0 Å². The van der Waals surface area contributed by atoms with Crippen LogP contribution in [0.2, 0.25) is 0 Å². The van der Waals surface area contributed by atoms with Crippen LogP contribution in [0, 0.1) is 11.8 Å². The van der Waals surface area contributed by atoms with Crippen LogP contribution in [0.15, 0.2) is 22.8 Å². The van der Waals surface area contributed by atoms with Gasteiger partial charge in [0.2, 0.25) is 0 Å². The zero-order valence-corrected chi connectivity index (χ0v) is 11.8. The van der Waals surface area contributed by atoms with Crippen molar-refractivity contribution in [1.29, 1.82) is 0 Å². The fourth-order valence-corrected chi connectivity index (χ4v) is 3.74. The molecule has 19 heavy (non-hydrogen) atoms. The quantitative estimate of drug-likeness (QED) is 0.827. The Hall–Kier alpha value is -0.800. The topological polar surface area (TPSA) is 28.4 Å². The first-order chi connectivity index (χ1) is 9.42. The molecule has 0 spiro atoms. The number of nitrogens with zero attached hydrogens (tertiary/aromatic N) is 1. The lowest BCUT2D eigenvalue weighted by molar-refractivity contribution is 0.0874. The number of piperidine rings is 1. The normalized spacial score (nSPS) is 28.2. The molecule has 2 fully saturated rings. The summed E-state index contributed by atoms with van der Waals surface area (Å²) < 4.78 is 5.32. The van der Waals surface area contributed by atoms with Crippen molar-refractivity contribution in [3.8, 4) is 0 Å². The van der Waals surface area contributed by atoms with Crippen molar-refractivity contribution in [3.63, 3.8) is 0 Å². The number of nitrogens with one attached hydrogen (secondary N) is 1. The van der Waals surface area contributed by atoms with Crippen molar-refractivity contribution in [2.24, 2.45) is 11.8 Å². The lowest BCUT2D eigenvalue weighted by Crippen LogP contribution is -2.44.